The monoisotopic (exact) mass is 437 g/mol. The molecule has 2 saturated carbocycles. The van der Waals surface area contributed by atoms with E-state index in [0.717, 1.165) is 48.4 Å². The molecule has 1 unspecified atom stereocenters. The standard InChI is InChI=1S/C29H47N3/c1-3-5-6-8-28-19-20-29(32-31-28)18-15-24-9-11-25(12-10-24)21-27(22-30)26-16-13-23(7-4-2)14-17-26/h19-20,23-27H,3-18,21H2,1-2H3. The molecular weight excluding hydrogens is 390 g/mol. The van der Waals surface area contributed by atoms with Crippen molar-refractivity contribution in [2.45, 2.75) is 123 Å². The molecule has 32 heavy (non-hydrogen) atoms. The minimum atomic E-state index is 0.310. The van der Waals surface area contributed by atoms with Gasteiger partial charge < -0.3 is 0 Å². The van der Waals surface area contributed by atoms with Gasteiger partial charge in [0.25, 0.3) is 0 Å². The van der Waals surface area contributed by atoms with Crippen LogP contribution in [-0.2, 0) is 12.8 Å². The molecule has 3 rings (SSSR count). The first-order valence-electron chi connectivity index (χ1n) is 13.9. The van der Waals surface area contributed by atoms with Crippen LogP contribution in [0.4, 0.5) is 0 Å². The largest absolute Gasteiger partial charge is 0.198 e. The molecule has 0 bridgehead atoms. The summed E-state index contributed by atoms with van der Waals surface area (Å²) in [5, 5.41) is 18.8. The molecule has 0 spiro atoms. The van der Waals surface area contributed by atoms with Gasteiger partial charge in [-0.2, -0.15) is 15.5 Å². The fourth-order valence-corrected chi connectivity index (χ4v) is 6.32. The summed E-state index contributed by atoms with van der Waals surface area (Å²) in [7, 11) is 0. The zero-order valence-electron chi connectivity index (χ0n) is 20.9. The van der Waals surface area contributed by atoms with Crippen LogP contribution < -0.4 is 0 Å². The van der Waals surface area contributed by atoms with Gasteiger partial charge in [-0.3, -0.25) is 0 Å². The van der Waals surface area contributed by atoms with Gasteiger partial charge in [0.05, 0.1) is 17.5 Å². The normalized spacial score (nSPS) is 27.0. The zero-order chi connectivity index (χ0) is 22.6. The number of aromatic nitrogens is 2. The molecular formula is C29H47N3. The zero-order valence-corrected chi connectivity index (χ0v) is 20.9. The van der Waals surface area contributed by atoms with Crippen molar-refractivity contribution in [3.63, 3.8) is 0 Å². The molecule has 1 heterocycles. The lowest BCUT2D eigenvalue weighted by Crippen LogP contribution is -2.24. The molecule has 1 aromatic rings. The highest BCUT2D eigenvalue weighted by Crippen LogP contribution is 2.41. The van der Waals surface area contributed by atoms with Crippen LogP contribution in [0.2, 0.25) is 0 Å². The third-order valence-corrected chi connectivity index (χ3v) is 8.50. The average Bonchev–Trinajstić information content (AvgIpc) is 2.84. The molecule has 3 heteroatoms. The summed E-state index contributed by atoms with van der Waals surface area (Å²) in [6, 6.07) is 7.12. The minimum Gasteiger partial charge on any atom is -0.198 e. The van der Waals surface area contributed by atoms with E-state index in [4.69, 9.17) is 0 Å². The van der Waals surface area contributed by atoms with E-state index in [2.05, 4.69) is 42.2 Å². The van der Waals surface area contributed by atoms with Crippen molar-refractivity contribution in [3.05, 3.63) is 23.5 Å². The van der Waals surface area contributed by atoms with E-state index < -0.39 is 0 Å². The van der Waals surface area contributed by atoms with E-state index in [1.54, 1.807) is 0 Å². The molecule has 1 atom stereocenters. The van der Waals surface area contributed by atoms with Crippen molar-refractivity contribution < 1.29 is 0 Å². The molecule has 178 valence electrons. The van der Waals surface area contributed by atoms with Crippen LogP contribution in [0.1, 0.15) is 122 Å². The number of unbranched alkanes of at least 4 members (excludes halogenated alkanes) is 2. The molecule has 1 aromatic heterocycles. The van der Waals surface area contributed by atoms with Crippen LogP contribution in [0, 0.1) is 40.9 Å². The highest BCUT2D eigenvalue weighted by atomic mass is 15.1. The van der Waals surface area contributed by atoms with Crippen molar-refractivity contribution in [1.29, 1.82) is 5.26 Å². The van der Waals surface area contributed by atoms with Gasteiger partial charge in [0.1, 0.15) is 0 Å². The Balaban J connectivity index is 1.33. The molecule has 2 aliphatic carbocycles. The molecule has 0 aliphatic heterocycles. The SMILES string of the molecule is CCCCCc1ccc(CCC2CCC(CC(C#N)C3CCC(CCC)CC3)CC2)nn1. The van der Waals surface area contributed by atoms with Crippen LogP contribution in [-0.4, -0.2) is 10.2 Å². The van der Waals surface area contributed by atoms with Crippen LogP contribution in [0.15, 0.2) is 12.1 Å². The number of nitrogens with zero attached hydrogens (tertiary/aromatic N) is 3. The topological polar surface area (TPSA) is 49.6 Å². The summed E-state index contributed by atoms with van der Waals surface area (Å²) in [6.45, 7) is 4.54. The Labute approximate surface area is 197 Å². The minimum absolute atomic E-state index is 0.310. The maximum Gasteiger partial charge on any atom is 0.0658 e. The predicted molar refractivity (Wildman–Crippen MR) is 133 cm³/mol. The number of hydrogen-bond acceptors (Lipinski definition) is 3. The Morgan fingerprint density at radius 1 is 0.781 bits per heavy atom. The Kier molecular flexibility index (Phi) is 11.0. The number of aryl methyl sites for hydroxylation is 2. The third-order valence-electron chi connectivity index (χ3n) is 8.50. The average molecular weight is 438 g/mol. The maximum absolute atomic E-state index is 9.86. The lowest BCUT2D eigenvalue weighted by atomic mass is 9.70. The summed E-state index contributed by atoms with van der Waals surface area (Å²) in [5.41, 5.74) is 2.31. The molecule has 0 aromatic carbocycles. The smallest absolute Gasteiger partial charge is 0.0658 e. The summed E-state index contributed by atoms with van der Waals surface area (Å²) < 4.78 is 0. The molecule has 0 amide bonds. The van der Waals surface area contributed by atoms with Crippen LogP contribution in [0.25, 0.3) is 0 Å². The highest BCUT2D eigenvalue weighted by molar-refractivity contribution is 5.07. The predicted octanol–water partition coefficient (Wildman–Crippen LogP) is 8.08. The van der Waals surface area contributed by atoms with Crippen molar-refractivity contribution >= 4 is 0 Å². The first-order chi connectivity index (χ1) is 15.7. The lowest BCUT2D eigenvalue weighted by Gasteiger charge is -2.34. The van der Waals surface area contributed by atoms with Gasteiger partial charge in [-0.25, -0.2) is 0 Å². The first kappa shape index (κ1) is 25.2. The Hall–Kier alpha value is -1.43. The Morgan fingerprint density at radius 3 is 1.97 bits per heavy atom. The molecule has 0 radical (unpaired) electrons. The van der Waals surface area contributed by atoms with E-state index in [-0.39, 0.29) is 0 Å². The highest BCUT2D eigenvalue weighted by Gasteiger charge is 2.30. The van der Waals surface area contributed by atoms with E-state index in [0.29, 0.717) is 11.8 Å². The van der Waals surface area contributed by atoms with Crippen molar-refractivity contribution in [1.82, 2.24) is 10.2 Å². The molecule has 2 fully saturated rings. The van der Waals surface area contributed by atoms with Crippen LogP contribution in [0.3, 0.4) is 0 Å². The summed E-state index contributed by atoms with van der Waals surface area (Å²) >= 11 is 0. The van der Waals surface area contributed by atoms with Gasteiger partial charge in [0.15, 0.2) is 0 Å². The Bertz CT molecular complexity index is 661. The fourth-order valence-electron chi connectivity index (χ4n) is 6.32. The summed E-state index contributed by atoms with van der Waals surface area (Å²) in [6.07, 6.45) is 21.7. The van der Waals surface area contributed by atoms with Crippen molar-refractivity contribution in [2.24, 2.45) is 29.6 Å². The van der Waals surface area contributed by atoms with Crippen LogP contribution in [0.5, 0.6) is 0 Å². The van der Waals surface area contributed by atoms with Gasteiger partial charge in [-0.05, 0) is 80.8 Å². The molecule has 0 N–H and O–H groups in total. The van der Waals surface area contributed by atoms with Gasteiger partial charge in [-0.15, -0.1) is 0 Å². The van der Waals surface area contributed by atoms with Gasteiger partial charge >= 0.3 is 0 Å². The Morgan fingerprint density at radius 2 is 1.38 bits per heavy atom. The number of hydrogen-bond donors (Lipinski definition) is 0. The lowest BCUT2D eigenvalue weighted by molar-refractivity contribution is 0.178. The third kappa shape index (κ3) is 8.17. The molecule has 0 saturated heterocycles. The second-order valence-corrected chi connectivity index (χ2v) is 10.9. The second-order valence-electron chi connectivity index (χ2n) is 10.9. The van der Waals surface area contributed by atoms with Crippen molar-refractivity contribution in [2.75, 3.05) is 0 Å². The van der Waals surface area contributed by atoms with Crippen molar-refractivity contribution in [3.8, 4) is 6.07 Å². The second kappa shape index (κ2) is 14.0. The summed E-state index contributed by atoms with van der Waals surface area (Å²) in [5.74, 6) is 3.54. The summed E-state index contributed by atoms with van der Waals surface area (Å²) in [4.78, 5) is 0. The van der Waals surface area contributed by atoms with E-state index in [1.165, 1.54) is 89.9 Å². The number of nitriles is 1. The van der Waals surface area contributed by atoms with Crippen LogP contribution >= 0.6 is 0 Å². The van der Waals surface area contributed by atoms with E-state index in [9.17, 15) is 5.26 Å². The van der Waals surface area contributed by atoms with E-state index in [1.807, 2.05) is 0 Å². The van der Waals surface area contributed by atoms with E-state index >= 15 is 0 Å². The quantitative estimate of drug-likeness (QED) is 0.310. The van der Waals surface area contributed by atoms with Gasteiger partial charge in [0.2, 0.25) is 0 Å². The van der Waals surface area contributed by atoms with Gasteiger partial charge in [-0.1, -0.05) is 78.1 Å². The number of rotatable bonds is 12. The maximum atomic E-state index is 9.86. The molecule has 3 nitrogen and oxygen atoms in total. The molecule has 2 aliphatic rings. The fraction of sp³-hybridized carbons (Fsp3) is 0.828. The van der Waals surface area contributed by atoms with Gasteiger partial charge in [0, 0.05) is 5.92 Å². The first-order valence-corrected chi connectivity index (χ1v) is 13.9.